The molecule has 0 aliphatic heterocycles. The Morgan fingerprint density at radius 2 is 1.53 bits per heavy atom. The van der Waals surface area contributed by atoms with Gasteiger partial charge in [-0.15, -0.1) is 0 Å². The lowest BCUT2D eigenvalue weighted by atomic mass is 10.1. The van der Waals surface area contributed by atoms with E-state index in [1.165, 1.54) is 18.2 Å². The van der Waals surface area contributed by atoms with Crippen LogP contribution >= 0.6 is 0 Å². The van der Waals surface area contributed by atoms with E-state index >= 15 is 0 Å². The van der Waals surface area contributed by atoms with Crippen molar-refractivity contribution < 1.29 is 44.3 Å². The van der Waals surface area contributed by atoms with Gasteiger partial charge >= 0.3 is 6.03 Å². The third-order valence-electron chi connectivity index (χ3n) is 4.49. The molecule has 3 aromatic rings. The van der Waals surface area contributed by atoms with Gasteiger partial charge in [-0.3, -0.25) is 9.11 Å². The smallest absolute Gasteiger partial charge is 0.323 e. The van der Waals surface area contributed by atoms with E-state index in [-0.39, 0.29) is 21.7 Å². The lowest BCUT2D eigenvalue weighted by Gasteiger charge is -2.14. The fourth-order valence-electron chi connectivity index (χ4n) is 3.02. The largest absolute Gasteiger partial charge is 0.507 e. The Bertz CT molecular complexity index is 1660. The maximum Gasteiger partial charge on any atom is 0.323 e. The molecule has 3 rings (SSSR count). The zero-order chi connectivity index (χ0) is 25.5. The van der Waals surface area contributed by atoms with Crippen LogP contribution in [0.3, 0.4) is 0 Å². The average molecular weight is 529 g/mol. The second-order valence-corrected chi connectivity index (χ2v) is 11.5. The van der Waals surface area contributed by atoms with Crippen molar-refractivity contribution in [3.63, 3.8) is 0 Å². The number of amides is 2. The SMILES string of the molecule is C=CS(=O)(=O)c1cccc(NC(=O)Nc2ccc(S(=O)(=O)O)c3cc(S(=O)(=O)O)cc(O)c23)c1. The van der Waals surface area contributed by atoms with Gasteiger partial charge in [0.25, 0.3) is 20.2 Å². The van der Waals surface area contributed by atoms with Crippen molar-refractivity contribution in [3.8, 4) is 5.75 Å². The van der Waals surface area contributed by atoms with Gasteiger partial charge in [0.05, 0.1) is 15.5 Å². The first-order valence-corrected chi connectivity index (χ1v) is 13.4. The van der Waals surface area contributed by atoms with Crippen molar-refractivity contribution in [3.05, 3.63) is 60.5 Å². The molecule has 15 heteroatoms. The van der Waals surface area contributed by atoms with E-state index < -0.39 is 57.0 Å². The summed E-state index contributed by atoms with van der Waals surface area (Å²) >= 11 is 0. The molecule has 5 N–H and O–H groups in total. The number of hydrogen-bond donors (Lipinski definition) is 5. The van der Waals surface area contributed by atoms with Crippen LogP contribution in [0.2, 0.25) is 0 Å². The standard InChI is InChI=1S/C19H16N2O10S3/c1-2-32(24,25)12-5-3-4-11(8-12)20-19(23)21-15-6-7-17(34(29,30)31)14-9-13(33(26,27)28)10-16(22)18(14)15/h2-10,22H,1H2,(H2,20,21,23)(H,26,27,28)(H,29,30,31). The highest BCUT2D eigenvalue weighted by atomic mass is 32.2. The molecule has 0 radical (unpaired) electrons. The van der Waals surface area contributed by atoms with Gasteiger partial charge in [0.1, 0.15) is 10.6 Å². The molecule has 12 nitrogen and oxygen atoms in total. The molecule has 0 saturated carbocycles. The molecule has 0 aliphatic rings. The molecule has 0 saturated heterocycles. The minimum absolute atomic E-state index is 0.0668. The number of nitrogens with one attached hydrogen (secondary N) is 2. The van der Waals surface area contributed by atoms with E-state index in [1.54, 1.807) is 0 Å². The molecule has 0 bridgehead atoms. The quantitative estimate of drug-likeness (QED) is 0.296. The third kappa shape index (κ3) is 5.18. The normalized spacial score (nSPS) is 12.3. The summed E-state index contributed by atoms with van der Waals surface area (Å²) in [6.07, 6.45) is 0. The zero-order valence-corrected chi connectivity index (χ0v) is 19.3. The van der Waals surface area contributed by atoms with E-state index in [0.717, 1.165) is 23.6 Å². The van der Waals surface area contributed by atoms with Crippen LogP contribution in [-0.4, -0.2) is 45.5 Å². The summed E-state index contributed by atoms with van der Waals surface area (Å²) in [5.74, 6) is -0.829. The number of anilines is 2. The predicted molar refractivity (Wildman–Crippen MR) is 122 cm³/mol. The second-order valence-electron chi connectivity index (χ2n) is 6.74. The van der Waals surface area contributed by atoms with E-state index in [0.29, 0.717) is 12.1 Å². The van der Waals surface area contributed by atoms with Gasteiger partial charge in [0, 0.05) is 27.9 Å². The molecule has 0 atom stereocenters. The number of sulfone groups is 1. The minimum Gasteiger partial charge on any atom is -0.507 e. The maximum absolute atomic E-state index is 12.5. The van der Waals surface area contributed by atoms with Gasteiger partial charge in [-0.1, -0.05) is 12.6 Å². The Hall–Kier alpha value is -3.50. The number of rotatable bonds is 6. The molecule has 0 aliphatic carbocycles. The number of hydrogen-bond acceptors (Lipinski definition) is 8. The third-order valence-corrected chi connectivity index (χ3v) is 7.58. The van der Waals surface area contributed by atoms with Gasteiger partial charge < -0.3 is 15.7 Å². The first-order valence-electron chi connectivity index (χ1n) is 8.94. The van der Waals surface area contributed by atoms with Crippen LogP contribution in [0.25, 0.3) is 10.8 Å². The number of phenols is 1. The summed E-state index contributed by atoms with van der Waals surface area (Å²) in [4.78, 5) is 10.7. The zero-order valence-electron chi connectivity index (χ0n) is 16.8. The first-order chi connectivity index (χ1) is 15.6. The Kier molecular flexibility index (Phi) is 6.43. The summed E-state index contributed by atoms with van der Waals surface area (Å²) < 4.78 is 89.0. The Morgan fingerprint density at radius 3 is 2.12 bits per heavy atom. The van der Waals surface area contributed by atoms with Gasteiger partial charge in [-0.05, 0) is 36.4 Å². The van der Waals surface area contributed by atoms with Crippen LogP contribution in [0.1, 0.15) is 0 Å². The maximum atomic E-state index is 12.5. The topological polar surface area (TPSA) is 204 Å². The number of phenolic OH excluding ortho intramolecular Hbond substituents is 1. The summed E-state index contributed by atoms with van der Waals surface area (Å²) in [6.45, 7) is 3.21. The highest BCUT2D eigenvalue weighted by Crippen LogP contribution is 2.38. The number of aromatic hydroxyl groups is 1. The van der Waals surface area contributed by atoms with Crippen LogP contribution in [0.5, 0.6) is 5.75 Å². The van der Waals surface area contributed by atoms with Crippen LogP contribution < -0.4 is 10.6 Å². The van der Waals surface area contributed by atoms with Crippen LogP contribution in [-0.2, 0) is 30.1 Å². The minimum atomic E-state index is -4.90. The van der Waals surface area contributed by atoms with Crippen molar-refractivity contribution in [2.24, 2.45) is 0 Å². The van der Waals surface area contributed by atoms with Gasteiger partial charge in [-0.2, -0.15) is 16.8 Å². The Morgan fingerprint density at radius 1 is 0.853 bits per heavy atom. The lowest BCUT2D eigenvalue weighted by molar-refractivity contribution is 0.262. The Labute approximate surface area is 194 Å². The fraction of sp³-hybridized carbons (Fsp3) is 0. The first kappa shape index (κ1) is 25.1. The highest BCUT2D eigenvalue weighted by molar-refractivity contribution is 7.94. The van der Waals surface area contributed by atoms with E-state index in [4.69, 9.17) is 0 Å². The average Bonchev–Trinajstić information content (AvgIpc) is 2.72. The molecule has 0 aromatic heterocycles. The van der Waals surface area contributed by atoms with Gasteiger partial charge in [0.2, 0.25) is 0 Å². The number of benzene rings is 3. The highest BCUT2D eigenvalue weighted by Gasteiger charge is 2.23. The summed E-state index contributed by atoms with van der Waals surface area (Å²) in [6, 6.07) is 7.44. The van der Waals surface area contributed by atoms with Gasteiger partial charge in [0.15, 0.2) is 9.84 Å². The number of fused-ring (bicyclic) bond motifs is 1. The van der Waals surface area contributed by atoms with Crippen LogP contribution in [0.4, 0.5) is 16.2 Å². The van der Waals surface area contributed by atoms with Crippen molar-refractivity contribution in [1.29, 1.82) is 0 Å². The number of urea groups is 1. The summed E-state index contributed by atoms with van der Waals surface area (Å²) in [5, 5.41) is 14.9. The number of carbonyl (C=O) groups excluding carboxylic acids is 1. The molecule has 0 spiro atoms. The van der Waals surface area contributed by atoms with Crippen molar-refractivity contribution in [1.82, 2.24) is 0 Å². The lowest BCUT2D eigenvalue weighted by Crippen LogP contribution is -2.20. The van der Waals surface area contributed by atoms with Gasteiger partial charge in [-0.25, -0.2) is 13.2 Å². The molecule has 3 aromatic carbocycles. The molecular formula is C19H16N2O10S3. The molecule has 2 amide bonds. The monoisotopic (exact) mass is 528 g/mol. The summed E-state index contributed by atoms with van der Waals surface area (Å²) in [5.41, 5.74) is -0.133. The van der Waals surface area contributed by atoms with E-state index in [9.17, 15) is 44.3 Å². The molecular weight excluding hydrogens is 512 g/mol. The van der Waals surface area contributed by atoms with Crippen LogP contribution in [0.15, 0.2) is 75.2 Å². The molecule has 0 heterocycles. The number of carbonyl (C=O) groups is 1. The predicted octanol–water partition coefficient (Wildman–Crippen LogP) is 2.60. The second kappa shape index (κ2) is 8.69. The fourth-order valence-corrected chi connectivity index (χ4v) is 4.98. The molecule has 0 fully saturated rings. The van der Waals surface area contributed by atoms with Crippen molar-refractivity contribution in [2.75, 3.05) is 10.6 Å². The van der Waals surface area contributed by atoms with E-state index in [1.807, 2.05) is 0 Å². The Balaban J connectivity index is 2.07. The van der Waals surface area contributed by atoms with Crippen molar-refractivity contribution >= 4 is 58.3 Å². The summed E-state index contributed by atoms with van der Waals surface area (Å²) in [7, 11) is -13.5. The molecule has 180 valence electrons. The van der Waals surface area contributed by atoms with E-state index in [2.05, 4.69) is 17.2 Å². The molecule has 34 heavy (non-hydrogen) atoms. The van der Waals surface area contributed by atoms with Crippen molar-refractivity contribution in [2.45, 2.75) is 14.7 Å². The van der Waals surface area contributed by atoms with Crippen LogP contribution in [0, 0.1) is 0 Å². The molecule has 0 unspecified atom stereocenters.